The van der Waals surface area contributed by atoms with Gasteiger partial charge in [0.2, 0.25) is 5.91 Å². The third kappa shape index (κ3) is 0.823. The number of carbonyl (C=O) groups is 1. The number of piperidine rings is 1. The van der Waals surface area contributed by atoms with Crippen LogP contribution in [0.3, 0.4) is 0 Å². The third-order valence-corrected chi connectivity index (χ3v) is 2.79. The summed E-state index contributed by atoms with van der Waals surface area (Å²) in [6, 6.07) is 2.26. The fraction of sp³-hybridized carbons (Fsp3) is 0.750. The standard InChI is InChI=1S/C8H10N2O/c1-5(11)10-3-7-6(2-9)8(7)4-10/h6-8H,3-4H2,1H3. The average molecular weight is 150 g/mol. The zero-order valence-corrected chi connectivity index (χ0v) is 6.45. The van der Waals surface area contributed by atoms with Crippen molar-refractivity contribution in [1.82, 2.24) is 4.90 Å². The van der Waals surface area contributed by atoms with Crippen LogP contribution in [0.1, 0.15) is 6.92 Å². The minimum atomic E-state index is 0.147. The number of hydrogen-bond donors (Lipinski definition) is 0. The van der Waals surface area contributed by atoms with Crippen LogP contribution in [-0.2, 0) is 4.79 Å². The molecule has 1 aliphatic carbocycles. The summed E-state index contributed by atoms with van der Waals surface area (Å²) in [6.07, 6.45) is 0. The average Bonchev–Trinajstić information content (AvgIpc) is 2.41. The fourth-order valence-corrected chi connectivity index (χ4v) is 1.97. The molecule has 1 heterocycles. The maximum Gasteiger partial charge on any atom is 0.219 e. The summed E-state index contributed by atoms with van der Waals surface area (Å²) in [4.78, 5) is 12.7. The Hall–Kier alpha value is -1.04. The minimum Gasteiger partial charge on any atom is -0.342 e. The van der Waals surface area contributed by atoms with Gasteiger partial charge in [-0.15, -0.1) is 0 Å². The maximum absolute atomic E-state index is 10.9. The Labute approximate surface area is 65.6 Å². The lowest BCUT2D eigenvalue weighted by Crippen LogP contribution is -2.28. The Bertz CT molecular complexity index is 231. The van der Waals surface area contributed by atoms with Crippen LogP contribution in [0.25, 0.3) is 0 Å². The Morgan fingerprint density at radius 1 is 1.55 bits per heavy atom. The SMILES string of the molecule is CC(=O)N1CC2C(C#N)C2C1. The molecule has 2 fully saturated rings. The van der Waals surface area contributed by atoms with E-state index in [1.807, 2.05) is 4.90 Å². The summed E-state index contributed by atoms with van der Waals surface area (Å²) in [5.74, 6) is 1.41. The van der Waals surface area contributed by atoms with E-state index in [4.69, 9.17) is 5.26 Å². The zero-order valence-electron chi connectivity index (χ0n) is 6.45. The number of nitrogens with zero attached hydrogens (tertiary/aromatic N) is 2. The van der Waals surface area contributed by atoms with E-state index in [1.165, 1.54) is 0 Å². The van der Waals surface area contributed by atoms with Crippen LogP contribution in [0.2, 0.25) is 0 Å². The van der Waals surface area contributed by atoms with Crippen molar-refractivity contribution in [1.29, 1.82) is 5.26 Å². The molecular weight excluding hydrogens is 140 g/mol. The molecule has 0 spiro atoms. The van der Waals surface area contributed by atoms with E-state index in [0.717, 1.165) is 13.1 Å². The lowest BCUT2D eigenvalue weighted by atomic mass is 10.3. The van der Waals surface area contributed by atoms with Gasteiger partial charge in [-0.1, -0.05) is 0 Å². The monoisotopic (exact) mass is 150 g/mol. The van der Waals surface area contributed by atoms with E-state index in [0.29, 0.717) is 11.8 Å². The van der Waals surface area contributed by atoms with Crippen LogP contribution in [0.15, 0.2) is 0 Å². The van der Waals surface area contributed by atoms with Crippen molar-refractivity contribution in [2.75, 3.05) is 13.1 Å². The molecule has 58 valence electrons. The van der Waals surface area contributed by atoms with Gasteiger partial charge in [-0.05, 0) is 11.8 Å². The van der Waals surface area contributed by atoms with Crippen LogP contribution < -0.4 is 0 Å². The molecule has 1 saturated heterocycles. The van der Waals surface area contributed by atoms with E-state index in [9.17, 15) is 4.79 Å². The van der Waals surface area contributed by atoms with Crippen LogP contribution >= 0.6 is 0 Å². The number of amides is 1. The molecule has 0 N–H and O–H groups in total. The number of carbonyl (C=O) groups excluding carboxylic acids is 1. The smallest absolute Gasteiger partial charge is 0.219 e. The molecule has 0 aromatic rings. The first kappa shape index (κ1) is 6.66. The quantitative estimate of drug-likeness (QED) is 0.496. The molecule has 2 rings (SSSR count). The molecule has 1 aliphatic heterocycles. The highest BCUT2D eigenvalue weighted by molar-refractivity contribution is 5.73. The second-order valence-electron chi connectivity index (χ2n) is 3.41. The van der Waals surface area contributed by atoms with E-state index >= 15 is 0 Å². The molecule has 1 saturated carbocycles. The van der Waals surface area contributed by atoms with E-state index in [2.05, 4.69) is 6.07 Å². The molecule has 2 unspecified atom stereocenters. The molecule has 1 amide bonds. The normalized spacial score (nSPS) is 39.6. The van der Waals surface area contributed by atoms with Gasteiger partial charge in [-0.25, -0.2) is 0 Å². The van der Waals surface area contributed by atoms with Crippen LogP contribution in [0.4, 0.5) is 0 Å². The van der Waals surface area contributed by atoms with Gasteiger partial charge >= 0.3 is 0 Å². The molecular formula is C8H10N2O. The van der Waals surface area contributed by atoms with Gasteiger partial charge in [0.25, 0.3) is 0 Å². The first-order valence-corrected chi connectivity index (χ1v) is 3.89. The molecule has 11 heavy (non-hydrogen) atoms. The highest BCUT2D eigenvalue weighted by Crippen LogP contribution is 2.50. The predicted molar refractivity (Wildman–Crippen MR) is 38.3 cm³/mol. The molecule has 2 aliphatic rings. The summed E-state index contributed by atoms with van der Waals surface area (Å²) in [5, 5.41) is 8.58. The van der Waals surface area contributed by atoms with Gasteiger partial charge in [0, 0.05) is 20.0 Å². The van der Waals surface area contributed by atoms with E-state index in [-0.39, 0.29) is 11.8 Å². The summed E-state index contributed by atoms with van der Waals surface area (Å²) < 4.78 is 0. The van der Waals surface area contributed by atoms with Crippen molar-refractivity contribution < 1.29 is 4.79 Å². The number of fused-ring (bicyclic) bond motifs is 1. The maximum atomic E-state index is 10.9. The molecule has 3 nitrogen and oxygen atoms in total. The van der Waals surface area contributed by atoms with Crippen LogP contribution in [0, 0.1) is 29.1 Å². The second-order valence-corrected chi connectivity index (χ2v) is 3.41. The van der Waals surface area contributed by atoms with Gasteiger partial charge in [-0.3, -0.25) is 4.79 Å². The second kappa shape index (κ2) is 1.97. The van der Waals surface area contributed by atoms with Gasteiger partial charge in [0.05, 0.1) is 12.0 Å². The molecule has 0 radical (unpaired) electrons. The van der Waals surface area contributed by atoms with E-state index < -0.39 is 0 Å². The zero-order chi connectivity index (χ0) is 8.01. The largest absolute Gasteiger partial charge is 0.342 e. The lowest BCUT2D eigenvalue weighted by Gasteiger charge is -2.15. The summed E-state index contributed by atoms with van der Waals surface area (Å²) >= 11 is 0. The number of hydrogen-bond acceptors (Lipinski definition) is 2. The van der Waals surface area contributed by atoms with Gasteiger partial charge < -0.3 is 4.90 Å². The van der Waals surface area contributed by atoms with Crippen molar-refractivity contribution in [3.8, 4) is 6.07 Å². The Morgan fingerprint density at radius 2 is 2.09 bits per heavy atom. The number of likely N-dealkylation sites (tertiary alicyclic amines) is 1. The first-order chi connectivity index (χ1) is 5.24. The highest BCUT2D eigenvalue weighted by Gasteiger charge is 2.56. The predicted octanol–water partition coefficient (Wildman–Crippen LogP) is 0.234. The highest BCUT2D eigenvalue weighted by atomic mass is 16.2. The van der Waals surface area contributed by atoms with E-state index in [1.54, 1.807) is 6.92 Å². The summed E-state index contributed by atoms with van der Waals surface area (Å²) in [7, 11) is 0. The van der Waals surface area contributed by atoms with Crippen LogP contribution in [-0.4, -0.2) is 23.9 Å². The minimum absolute atomic E-state index is 0.147. The Morgan fingerprint density at radius 3 is 2.45 bits per heavy atom. The Kier molecular flexibility index (Phi) is 1.19. The van der Waals surface area contributed by atoms with Crippen LogP contribution in [0.5, 0.6) is 0 Å². The number of nitriles is 1. The molecule has 0 aromatic heterocycles. The van der Waals surface area contributed by atoms with Crippen molar-refractivity contribution >= 4 is 5.91 Å². The Balaban J connectivity index is 1.95. The summed E-state index contributed by atoms with van der Waals surface area (Å²) in [6.45, 7) is 3.22. The molecule has 0 aromatic carbocycles. The topological polar surface area (TPSA) is 44.1 Å². The van der Waals surface area contributed by atoms with Crippen molar-refractivity contribution in [3.05, 3.63) is 0 Å². The van der Waals surface area contributed by atoms with Crippen molar-refractivity contribution in [2.45, 2.75) is 6.92 Å². The third-order valence-electron chi connectivity index (χ3n) is 2.79. The molecule has 2 atom stereocenters. The van der Waals surface area contributed by atoms with Crippen molar-refractivity contribution in [2.24, 2.45) is 17.8 Å². The van der Waals surface area contributed by atoms with Gasteiger partial charge in [-0.2, -0.15) is 5.26 Å². The number of rotatable bonds is 0. The molecule has 0 bridgehead atoms. The van der Waals surface area contributed by atoms with Gasteiger partial charge in [0.1, 0.15) is 0 Å². The van der Waals surface area contributed by atoms with Gasteiger partial charge in [0.15, 0.2) is 0 Å². The lowest BCUT2D eigenvalue weighted by molar-refractivity contribution is -0.128. The van der Waals surface area contributed by atoms with Crippen molar-refractivity contribution in [3.63, 3.8) is 0 Å². The first-order valence-electron chi connectivity index (χ1n) is 3.89. The summed E-state index contributed by atoms with van der Waals surface area (Å²) in [5.41, 5.74) is 0. The fourth-order valence-electron chi connectivity index (χ4n) is 1.97. The molecule has 3 heteroatoms.